The first-order chi connectivity index (χ1) is 25.0. The normalized spacial score (nSPS) is 19.4. The molecule has 15 heteroatoms. The number of carboxylic acids is 1. The maximum atomic E-state index is 14.4. The third-order valence-corrected chi connectivity index (χ3v) is 10.5. The second-order valence-corrected chi connectivity index (χ2v) is 17.4. The van der Waals surface area contributed by atoms with Gasteiger partial charge >= 0.3 is 12.1 Å². The maximum Gasteiger partial charge on any atom is 0.407 e. The Balaban J connectivity index is 1.76. The molecule has 1 aromatic rings. The van der Waals surface area contributed by atoms with Crippen molar-refractivity contribution in [1.82, 2.24) is 26.2 Å². The predicted molar refractivity (Wildman–Crippen MR) is 201 cm³/mol. The van der Waals surface area contributed by atoms with Crippen LogP contribution in [0.3, 0.4) is 0 Å². The quantitative estimate of drug-likeness (QED) is 0.146. The van der Waals surface area contributed by atoms with Gasteiger partial charge in [0.05, 0.1) is 19.2 Å². The highest BCUT2D eigenvalue weighted by molar-refractivity contribution is 8.01. The summed E-state index contributed by atoms with van der Waals surface area (Å²) in [5.74, 6) is -5.22. The number of nitrogens with zero attached hydrogens (tertiary/aromatic N) is 1. The number of hydrogen-bond donors (Lipinski definition) is 5. The van der Waals surface area contributed by atoms with Gasteiger partial charge in [0.15, 0.2) is 6.04 Å². The van der Waals surface area contributed by atoms with Crippen LogP contribution in [0.15, 0.2) is 30.3 Å². The van der Waals surface area contributed by atoms with Crippen LogP contribution in [0.2, 0.25) is 0 Å². The van der Waals surface area contributed by atoms with Crippen LogP contribution < -0.4 is 21.3 Å². The van der Waals surface area contributed by atoms with Gasteiger partial charge < -0.3 is 36.0 Å². The lowest BCUT2D eigenvalue weighted by Crippen LogP contribution is -2.58. The number of ketones is 1. The molecule has 1 aliphatic heterocycles. The van der Waals surface area contributed by atoms with Crippen LogP contribution in [0, 0.1) is 11.8 Å². The number of benzene rings is 1. The maximum absolute atomic E-state index is 14.4. The van der Waals surface area contributed by atoms with Gasteiger partial charge in [-0.1, -0.05) is 97.6 Å². The first-order valence-electron chi connectivity index (χ1n) is 18.6. The lowest BCUT2D eigenvalue weighted by atomic mass is 9.83. The van der Waals surface area contributed by atoms with Crippen LogP contribution in [-0.4, -0.2) is 99.3 Å². The van der Waals surface area contributed by atoms with Crippen molar-refractivity contribution in [3.63, 3.8) is 0 Å². The molecule has 1 saturated heterocycles. The van der Waals surface area contributed by atoms with Crippen molar-refractivity contribution in [2.45, 2.75) is 127 Å². The van der Waals surface area contributed by atoms with E-state index in [2.05, 4.69) is 21.3 Å². The highest BCUT2D eigenvalue weighted by atomic mass is 32.2. The van der Waals surface area contributed by atoms with E-state index in [0.29, 0.717) is 18.4 Å². The number of amides is 5. The van der Waals surface area contributed by atoms with E-state index in [-0.39, 0.29) is 47.3 Å². The van der Waals surface area contributed by atoms with Gasteiger partial charge in [0.2, 0.25) is 23.5 Å². The molecule has 0 radical (unpaired) electrons. The monoisotopic (exact) mass is 759 g/mol. The molecule has 294 valence electrons. The number of rotatable bonds is 17. The molecular weight excluding hydrogens is 703 g/mol. The summed E-state index contributed by atoms with van der Waals surface area (Å²) in [6, 6.07) is 3.57. The van der Waals surface area contributed by atoms with Crippen LogP contribution >= 0.6 is 11.8 Å². The standard InChI is InChI=1S/C38H57N5O9S/c1-7-14-27(32(45)34(47)39-20-29(44)41-31(36(49)50)25-17-12-9-13-18-25)40-33(46)28-19-26(53-38(4,5)6)21-43(28)35(48)30(24-15-10-8-11-16-24)42-37(51)52-22-23(2)3/h9,12-13,17-18,23-24,26-28,30-31H,7-8,10-11,14-16,19-22H2,1-6H3,(H,39,47)(H,40,46)(H,41,44)(H,42,51)(H,49,50)/t26-,27?,28?,30+,31?/m1/s1. The minimum Gasteiger partial charge on any atom is -0.479 e. The van der Waals surface area contributed by atoms with Gasteiger partial charge in [-0.05, 0) is 43.1 Å². The van der Waals surface area contributed by atoms with Crippen molar-refractivity contribution < 1.29 is 43.4 Å². The molecule has 1 aromatic carbocycles. The van der Waals surface area contributed by atoms with Crippen molar-refractivity contribution in [2.75, 3.05) is 19.7 Å². The van der Waals surface area contributed by atoms with Crippen LogP contribution in [0.4, 0.5) is 4.79 Å². The Morgan fingerprint density at radius 3 is 2.21 bits per heavy atom. The molecule has 2 fully saturated rings. The Bertz CT molecular complexity index is 1440. The molecule has 1 saturated carbocycles. The van der Waals surface area contributed by atoms with Crippen molar-refractivity contribution in [3.05, 3.63) is 35.9 Å². The first-order valence-corrected chi connectivity index (χ1v) is 19.5. The molecule has 5 amide bonds. The molecule has 14 nitrogen and oxygen atoms in total. The van der Waals surface area contributed by atoms with E-state index in [1.807, 2.05) is 34.6 Å². The smallest absolute Gasteiger partial charge is 0.407 e. The number of alkyl carbamates (subject to hydrolysis) is 1. The van der Waals surface area contributed by atoms with Crippen LogP contribution in [0.1, 0.15) is 105 Å². The molecule has 1 heterocycles. The minimum absolute atomic E-state index is 0.105. The second kappa shape index (κ2) is 20.4. The summed E-state index contributed by atoms with van der Waals surface area (Å²) >= 11 is 1.64. The van der Waals surface area contributed by atoms with E-state index in [4.69, 9.17) is 4.74 Å². The topological polar surface area (TPSA) is 200 Å². The zero-order valence-corrected chi connectivity index (χ0v) is 32.6. The summed E-state index contributed by atoms with van der Waals surface area (Å²) in [5.41, 5.74) is 0.330. The molecule has 0 bridgehead atoms. The highest BCUT2D eigenvalue weighted by Gasteiger charge is 2.46. The fraction of sp³-hybridized carbons (Fsp3) is 0.658. The predicted octanol–water partition coefficient (Wildman–Crippen LogP) is 3.73. The summed E-state index contributed by atoms with van der Waals surface area (Å²) in [5, 5.41) is 19.6. The molecule has 0 aromatic heterocycles. The third-order valence-electron chi connectivity index (χ3n) is 9.11. The summed E-state index contributed by atoms with van der Waals surface area (Å²) in [7, 11) is 0. The number of carboxylic acid groups (broad SMARTS) is 1. The Labute approximate surface area is 316 Å². The lowest BCUT2D eigenvalue weighted by molar-refractivity contribution is -0.144. The van der Waals surface area contributed by atoms with E-state index in [1.54, 1.807) is 36.9 Å². The van der Waals surface area contributed by atoms with Crippen LogP contribution in [-0.2, 0) is 33.5 Å². The number of carbonyl (C=O) groups is 7. The summed E-state index contributed by atoms with van der Waals surface area (Å²) in [4.78, 5) is 93.5. The fourth-order valence-electron chi connectivity index (χ4n) is 6.69. The van der Waals surface area contributed by atoms with E-state index >= 15 is 0 Å². The second-order valence-electron chi connectivity index (χ2n) is 15.3. The van der Waals surface area contributed by atoms with Crippen molar-refractivity contribution in [3.8, 4) is 0 Å². The van der Waals surface area contributed by atoms with Crippen molar-refractivity contribution in [2.24, 2.45) is 11.8 Å². The number of thioether (sulfide) groups is 1. The molecule has 3 unspecified atom stereocenters. The summed E-state index contributed by atoms with van der Waals surface area (Å²) in [6.45, 7) is 11.5. The number of nitrogens with one attached hydrogen (secondary N) is 4. The van der Waals surface area contributed by atoms with Gasteiger partial charge in [0.25, 0.3) is 5.91 Å². The van der Waals surface area contributed by atoms with E-state index in [1.165, 1.54) is 17.0 Å². The number of hydrogen-bond acceptors (Lipinski definition) is 9. The Morgan fingerprint density at radius 2 is 1.62 bits per heavy atom. The molecule has 5 N–H and O–H groups in total. The fourth-order valence-corrected chi connectivity index (χ4v) is 8.20. The van der Waals surface area contributed by atoms with Crippen LogP contribution in [0.25, 0.3) is 0 Å². The zero-order valence-electron chi connectivity index (χ0n) is 31.8. The Morgan fingerprint density at radius 1 is 0.962 bits per heavy atom. The molecule has 1 aliphatic carbocycles. The third kappa shape index (κ3) is 13.7. The molecular formula is C38H57N5O9S. The summed E-state index contributed by atoms with van der Waals surface area (Å²) in [6.07, 6.45) is 4.54. The van der Waals surface area contributed by atoms with Crippen LogP contribution in [0.5, 0.6) is 0 Å². The highest BCUT2D eigenvalue weighted by Crippen LogP contribution is 2.37. The zero-order chi connectivity index (χ0) is 39.3. The van der Waals surface area contributed by atoms with Gasteiger partial charge in [-0.25, -0.2) is 9.59 Å². The number of Topliss-reactive ketones (excluding diaryl/α,β-unsaturated/α-hetero) is 1. The van der Waals surface area contributed by atoms with Crippen molar-refractivity contribution >= 4 is 53.2 Å². The molecule has 5 atom stereocenters. The molecule has 3 rings (SSSR count). The lowest BCUT2D eigenvalue weighted by Gasteiger charge is -2.34. The minimum atomic E-state index is -1.36. The van der Waals surface area contributed by atoms with Gasteiger partial charge in [0, 0.05) is 16.5 Å². The largest absolute Gasteiger partial charge is 0.479 e. The van der Waals surface area contributed by atoms with E-state index < -0.39 is 66.3 Å². The van der Waals surface area contributed by atoms with E-state index in [9.17, 15) is 38.7 Å². The van der Waals surface area contributed by atoms with Crippen molar-refractivity contribution in [1.29, 1.82) is 0 Å². The average Bonchev–Trinajstić information content (AvgIpc) is 3.53. The number of likely N-dealkylation sites (tertiary alicyclic amines) is 1. The number of ether oxygens (including phenoxy) is 1. The average molecular weight is 760 g/mol. The van der Waals surface area contributed by atoms with Gasteiger partial charge in [0.1, 0.15) is 12.1 Å². The van der Waals surface area contributed by atoms with Gasteiger partial charge in [-0.15, -0.1) is 0 Å². The molecule has 0 spiro atoms. The Kier molecular flexibility index (Phi) is 16.6. The number of carbonyl (C=O) groups excluding carboxylic acids is 6. The Hall–Kier alpha value is -4.14. The molecule has 53 heavy (non-hydrogen) atoms. The SMILES string of the molecule is CCCC(NC(=O)C1C[C@@H](SC(C)(C)C)CN1C(=O)[C@@H](NC(=O)OCC(C)C)C1CCCCC1)C(=O)C(=O)NCC(=O)NC(C(=O)O)c1ccccc1. The van der Waals surface area contributed by atoms with E-state index in [0.717, 1.165) is 32.1 Å². The van der Waals surface area contributed by atoms with Gasteiger partial charge in [-0.3, -0.25) is 24.0 Å². The first kappa shape index (κ1) is 43.3. The molecule has 2 aliphatic rings. The number of aliphatic carboxylic acids is 1. The summed E-state index contributed by atoms with van der Waals surface area (Å²) < 4.78 is 5.20. The van der Waals surface area contributed by atoms with Gasteiger partial charge in [-0.2, -0.15) is 11.8 Å².